The molecule has 11 heavy (non-hydrogen) atoms. The van der Waals surface area contributed by atoms with Gasteiger partial charge in [-0.15, -0.1) is 0 Å². The van der Waals surface area contributed by atoms with Gasteiger partial charge in [-0.2, -0.15) is 0 Å². The second kappa shape index (κ2) is 2.76. The van der Waals surface area contributed by atoms with Gasteiger partial charge in [0.1, 0.15) is 0 Å². The lowest BCUT2D eigenvalue weighted by molar-refractivity contribution is -0.229. The van der Waals surface area contributed by atoms with E-state index in [9.17, 15) is 0 Å². The summed E-state index contributed by atoms with van der Waals surface area (Å²) in [6.45, 7) is 5.63. The average molecular weight is 155 g/mol. The van der Waals surface area contributed by atoms with E-state index in [1.165, 1.54) is 12.8 Å². The minimum atomic E-state index is -0.218. The van der Waals surface area contributed by atoms with Gasteiger partial charge in [-0.3, -0.25) is 0 Å². The Balaban J connectivity index is 1.98. The summed E-state index contributed by atoms with van der Waals surface area (Å²) in [7, 11) is 0. The standard InChI is InChI=1S/C9H15O2/c1-8-6-9(11-7-8)4-2-3-5-10-9/h8H,1-7H2. The van der Waals surface area contributed by atoms with E-state index in [0.717, 1.165) is 26.1 Å². The molecular formula is C9H15O2. The Bertz CT molecular complexity index is 133. The lowest BCUT2D eigenvalue weighted by Gasteiger charge is -2.32. The van der Waals surface area contributed by atoms with Crippen LogP contribution in [0.5, 0.6) is 0 Å². The molecular weight excluding hydrogens is 140 g/mol. The van der Waals surface area contributed by atoms with E-state index in [4.69, 9.17) is 9.47 Å². The topological polar surface area (TPSA) is 18.5 Å². The van der Waals surface area contributed by atoms with Crippen LogP contribution in [0.15, 0.2) is 0 Å². The number of ether oxygens (including phenoxy) is 2. The molecule has 0 aromatic rings. The minimum absolute atomic E-state index is 0.218. The van der Waals surface area contributed by atoms with Crippen LogP contribution in [0.1, 0.15) is 25.7 Å². The van der Waals surface area contributed by atoms with Crippen LogP contribution in [-0.2, 0) is 9.47 Å². The molecule has 0 aliphatic carbocycles. The summed E-state index contributed by atoms with van der Waals surface area (Å²) in [6, 6.07) is 0. The van der Waals surface area contributed by atoms with Crippen LogP contribution in [0.25, 0.3) is 0 Å². The maximum atomic E-state index is 5.63. The number of hydrogen-bond acceptors (Lipinski definition) is 2. The van der Waals surface area contributed by atoms with Crippen LogP contribution in [0.3, 0.4) is 0 Å². The van der Waals surface area contributed by atoms with Crippen molar-refractivity contribution in [2.45, 2.75) is 31.5 Å². The predicted octanol–water partition coefficient (Wildman–Crippen LogP) is 1.75. The van der Waals surface area contributed by atoms with Crippen molar-refractivity contribution < 1.29 is 9.47 Å². The molecule has 0 saturated carbocycles. The monoisotopic (exact) mass is 155 g/mol. The van der Waals surface area contributed by atoms with Gasteiger partial charge >= 0.3 is 0 Å². The largest absolute Gasteiger partial charge is 0.350 e. The Hall–Kier alpha value is -0.0800. The van der Waals surface area contributed by atoms with Gasteiger partial charge in [-0.05, 0) is 25.7 Å². The zero-order valence-electron chi connectivity index (χ0n) is 6.84. The quantitative estimate of drug-likeness (QED) is 0.530. The second-order valence-corrected chi connectivity index (χ2v) is 3.60. The normalized spacial score (nSPS) is 45.0. The number of rotatable bonds is 0. The van der Waals surface area contributed by atoms with Crippen molar-refractivity contribution in [2.24, 2.45) is 5.92 Å². The molecule has 2 aliphatic heterocycles. The van der Waals surface area contributed by atoms with Crippen LogP contribution < -0.4 is 0 Å². The van der Waals surface area contributed by atoms with Gasteiger partial charge in [0, 0.05) is 12.8 Å². The minimum Gasteiger partial charge on any atom is -0.350 e. The highest BCUT2D eigenvalue weighted by Gasteiger charge is 2.40. The highest BCUT2D eigenvalue weighted by molar-refractivity contribution is 4.84. The van der Waals surface area contributed by atoms with Crippen LogP contribution in [0.4, 0.5) is 0 Å². The van der Waals surface area contributed by atoms with Crippen molar-refractivity contribution in [2.75, 3.05) is 13.2 Å². The third-order valence-corrected chi connectivity index (χ3v) is 2.50. The summed E-state index contributed by atoms with van der Waals surface area (Å²) >= 11 is 0. The molecule has 1 radical (unpaired) electrons. The molecule has 1 spiro atoms. The first-order valence-electron chi connectivity index (χ1n) is 4.42. The molecule has 2 saturated heterocycles. The molecule has 0 bridgehead atoms. The molecule has 2 aliphatic rings. The zero-order valence-corrected chi connectivity index (χ0v) is 6.84. The molecule has 2 heteroatoms. The van der Waals surface area contributed by atoms with Crippen LogP contribution in [-0.4, -0.2) is 19.0 Å². The van der Waals surface area contributed by atoms with Gasteiger partial charge in [0.25, 0.3) is 0 Å². The Morgan fingerprint density at radius 3 is 2.73 bits per heavy atom. The van der Waals surface area contributed by atoms with Gasteiger partial charge in [0.2, 0.25) is 0 Å². The van der Waals surface area contributed by atoms with E-state index in [2.05, 4.69) is 6.92 Å². The smallest absolute Gasteiger partial charge is 0.168 e. The molecule has 2 atom stereocenters. The van der Waals surface area contributed by atoms with E-state index >= 15 is 0 Å². The summed E-state index contributed by atoms with van der Waals surface area (Å²) < 4.78 is 11.2. The zero-order chi connectivity index (χ0) is 7.73. The fraction of sp³-hybridized carbons (Fsp3) is 0.889. The molecule has 0 amide bonds. The van der Waals surface area contributed by atoms with Gasteiger partial charge in [-0.1, -0.05) is 0 Å². The lowest BCUT2D eigenvalue weighted by atomic mass is 9.98. The van der Waals surface area contributed by atoms with Crippen LogP contribution in [0, 0.1) is 12.8 Å². The molecule has 2 nitrogen and oxygen atoms in total. The fourth-order valence-corrected chi connectivity index (χ4v) is 1.93. The first-order valence-corrected chi connectivity index (χ1v) is 4.42. The third-order valence-electron chi connectivity index (χ3n) is 2.50. The maximum absolute atomic E-state index is 5.63. The van der Waals surface area contributed by atoms with Crippen molar-refractivity contribution in [1.82, 2.24) is 0 Å². The summed E-state index contributed by atoms with van der Waals surface area (Å²) in [5, 5.41) is 0. The summed E-state index contributed by atoms with van der Waals surface area (Å²) in [5.74, 6) is 0.220. The molecule has 0 aromatic heterocycles. The molecule has 0 aromatic carbocycles. The summed E-state index contributed by atoms with van der Waals surface area (Å²) in [4.78, 5) is 0. The molecule has 63 valence electrons. The van der Waals surface area contributed by atoms with Crippen molar-refractivity contribution in [3.05, 3.63) is 6.92 Å². The van der Waals surface area contributed by atoms with Gasteiger partial charge in [0.05, 0.1) is 13.2 Å². The summed E-state index contributed by atoms with van der Waals surface area (Å²) in [6.07, 6.45) is 4.49. The molecule has 2 heterocycles. The average Bonchev–Trinajstić information content (AvgIpc) is 2.34. The van der Waals surface area contributed by atoms with Crippen LogP contribution in [0.2, 0.25) is 0 Å². The summed E-state index contributed by atoms with van der Waals surface area (Å²) in [5.41, 5.74) is 0. The first-order chi connectivity index (χ1) is 5.31. The van der Waals surface area contributed by atoms with Gasteiger partial charge in [0.15, 0.2) is 5.79 Å². The Kier molecular flexibility index (Phi) is 1.90. The van der Waals surface area contributed by atoms with E-state index in [1.807, 2.05) is 0 Å². The molecule has 2 rings (SSSR count). The fourth-order valence-electron chi connectivity index (χ4n) is 1.93. The first kappa shape index (κ1) is 7.56. The molecule has 2 fully saturated rings. The molecule has 0 N–H and O–H groups in total. The lowest BCUT2D eigenvalue weighted by Crippen LogP contribution is -2.35. The van der Waals surface area contributed by atoms with E-state index < -0.39 is 0 Å². The van der Waals surface area contributed by atoms with Crippen LogP contribution >= 0.6 is 0 Å². The predicted molar refractivity (Wildman–Crippen MR) is 42.0 cm³/mol. The van der Waals surface area contributed by atoms with Gasteiger partial charge < -0.3 is 9.47 Å². The van der Waals surface area contributed by atoms with Crippen molar-refractivity contribution in [3.63, 3.8) is 0 Å². The Morgan fingerprint density at radius 1 is 1.27 bits per heavy atom. The highest BCUT2D eigenvalue weighted by Crippen LogP contribution is 2.37. The Morgan fingerprint density at radius 2 is 2.18 bits per heavy atom. The van der Waals surface area contributed by atoms with E-state index in [-0.39, 0.29) is 5.79 Å². The SMILES string of the molecule is [CH2]C1COC2(CCCCO2)C1. The second-order valence-electron chi connectivity index (χ2n) is 3.60. The maximum Gasteiger partial charge on any atom is 0.168 e. The van der Waals surface area contributed by atoms with Crippen molar-refractivity contribution in [3.8, 4) is 0 Å². The molecule has 2 unspecified atom stereocenters. The third kappa shape index (κ3) is 1.42. The van der Waals surface area contributed by atoms with E-state index in [1.54, 1.807) is 0 Å². The number of hydrogen-bond donors (Lipinski definition) is 0. The van der Waals surface area contributed by atoms with E-state index in [0.29, 0.717) is 5.92 Å². The Labute approximate surface area is 67.9 Å². The van der Waals surface area contributed by atoms with Crippen molar-refractivity contribution in [1.29, 1.82) is 0 Å². The van der Waals surface area contributed by atoms with Crippen molar-refractivity contribution >= 4 is 0 Å². The van der Waals surface area contributed by atoms with Gasteiger partial charge in [-0.25, -0.2) is 0 Å². The highest BCUT2D eigenvalue weighted by atomic mass is 16.7.